The summed E-state index contributed by atoms with van der Waals surface area (Å²) in [6.07, 6.45) is 1.53. The van der Waals surface area contributed by atoms with Gasteiger partial charge in [-0.25, -0.2) is 4.79 Å². The second kappa shape index (κ2) is 6.44. The molecule has 0 saturated carbocycles. The molecule has 5 heteroatoms. The molecular formula is C13H15NO4. The summed E-state index contributed by atoms with van der Waals surface area (Å²) in [6, 6.07) is 7.05. The standard InChI is InChI=1S/C13H15NO4/c1-9(15)14-12(13(16)18-3)8-10-4-6-11(17-2)7-5-10/h4-8H,1-3H3,(H,14,15)/b12-8-. The maximum absolute atomic E-state index is 11.4. The van der Waals surface area contributed by atoms with E-state index in [-0.39, 0.29) is 11.6 Å². The third kappa shape index (κ3) is 3.93. The Balaban J connectivity index is 2.98. The maximum atomic E-state index is 11.4. The Kier molecular flexibility index (Phi) is 4.92. The van der Waals surface area contributed by atoms with E-state index >= 15 is 0 Å². The van der Waals surface area contributed by atoms with Crippen LogP contribution in [0.25, 0.3) is 6.08 Å². The van der Waals surface area contributed by atoms with Crippen LogP contribution >= 0.6 is 0 Å². The Morgan fingerprint density at radius 3 is 2.22 bits per heavy atom. The second-order valence-corrected chi connectivity index (χ2v) is 3.50. The van der Waals surface area contributed by atoms with Gasteiger partial charge >= 0.3 is 5.97 Å². The normalized spacial score (nSPS) is 10.7. The van der Waals surface area contributed by atoms with E-state index in [0.29, 0.717) is 5.75 Å². The van der Waals surface area contributed by atoms with Crippen LogP contribution in [-0.4, -0.2) is 26.1 Å². The Bertz CT molecular complexity index is 462. The number of rotatable bonds is 4. The molecule has 0 fully saturated rings. The van der Waals surface area contributed by atoms with Crippen molar-refractivity contribution in [3.8, 4) is 5.75 Å². The number of hydrogen-bond donors (Lipinski definition) is 1. The SMILES string of the molecule is COC(=O)/C(=C/c1ccc(OC)cc1)NC(C)=O. The number of esters is 1. The van der Waals surface area contributed by atoms with Crippen molar-refractivity contribution in [3.05, 3.63) is 35.5 Å². The number of amides is 1. The summed E-state index contributed by atoms with van der Waals surface area (Å²) in [5, 5.41) is 2.42. The largest absolute Gasteiger partial charge is 0.497 e. The highest BCUT2D eigenvalue weighted by Crippen LogP contribution is 2.13. The van der Waals surface area contributed by atoms with Gasteiger partial charge in [0.05, 0.1) is 14.2 Å². The zero-order chi connectivity index (χ0) is 13.5. The molecule has 5 nitrogen and oxygen atoms in total. The molecule has 0 saturated heterocycles. The van der Waals surface area contributed by atoms with E-state index in [1.807, 2.05) is 0 Å². The first-order valence-corrected chi connectivity index (χ1v) is 5.28. The first kappa shape index (κ1) is 13.8. The summed E-state index contributed by atoms with van der Waals surface area (Å²) in [5.74, 6) is -0.215. The second-order valence-electron chi connectivity index (χ2n) is 3.50. The lowest BCUT2D eigenvalue weighted by Gasteiger charge is -2.06. The van der Waals surface area contributed by atoms with Crippen molar-refractivity contribution in [2.24, 2.45) is 0 Å². The van der Waals surface area contributed by atoms with Gasteiger partial charge in [-0.3, -0.25) is 4.79 Å². The van der Waals surface area contributed by atoms with Gasteiger partial charge < -0.3 is 14.8 Å². The van der Waals surface area contributed by atoms with Gasteiger partial charge in [0.15, 0.2) is 0 Å². The zero-order valence-electron chi connectivity index (χ0n) is 10.5. The average molecular weight is 249 g/mol. The quantitative estimate of drug-likeness (QED) is 0.646. The van der Waals surface area contributed by atoms with Gasteiger partial charge in [0, 0.05) is 6.92 Å². The molecule has 1 amide bonds. The first-order valence-electron chi connectivity index (χ1n) is 5.28. The van der Waals surface area contributed by atoms with E-state index in [1.54, 1.807) is 31.4 Å². The molecule has 0 spiro atoms. The minimum Gasteiger partial charge on any atom is -0.497 e. The zero-order valence-corrected chi connectivity index (χ0v) is 10.5. The molecule has 1 aromatic rings. The average Bonchev–Trinajstić information content (AvgIpc) is 2.37. The van der Waals surface area contributed by atoms with E-state index in [2.05, 4.69) is 10.1 Å². The molecule has 0 aromatic heterocycles. The highest BCUT2D eigenvalue weighted by molar-refractivity contribution is 5.97. The predicted molar refractivity (Wildman–Crippen MR) is 66.8 cm³/mol. The summed E-state index contributed by atoms with van der Waals surface area (Å²) in [7, 11) is 2.83. The summed E-state index contributed by atoms with van der Waals surface area (Å²) >= 11 is 0. The molecule has 1 aromatic carbocycles. The number of methoxy groups -OCH3 is 2. The number of carbonyl (C=O) groups is 2. The van der Waals surface area contributed by atoms with Crippen LogP contribution in [0.2, 0.25) is 0 Å². The van der Waals surface area contributed by atoms with Crippen LogP contribution in [0, 0.1) is 0 Å². The number of ether oxygens (including phenoxy) is 2. The molecule has 0 atom stereocenters. The molecule has 96 valence electrons. The van der Waals surface area contributed by atoms with Crippen molar-refractivity contribution in [1.29, 1.82) is 0 Å². The Morgan fingerprint density at radius 2 is 1.78 bits per heavy atom. The molecule has 0 heterocycles. The van der Waals surface area contributed by atoms with Crippen LogP contribution in [0.5, 0.6) is 5.75 Å². The molecule has 0 bridgehead atoms. The molecule has 0 aliphatic heterocycles. The lowest BCUT2D eigenvalue weighted by atomic mass is 10.2. The Hall–Kier alpha value is -2.30. The van der Waals surface area contributed by atoms with E-state index in [9.17, 15) is 9.59 Å². The first-order chi connectivity index (χ1) is 8.56. The van der Waals surface area contributed by atoms with Crippen molar-refractivity contribution in [1.82, 2.24) is 5.32 Å². The van der Waals surface area contributed by atoms with Gasteiger partial charge in [-0.2, -0.15) is 0 Å². The van der Waals surface area contributed by atoms with E-state index < -0.39 is 5.97 Å². The van der Waals surface area contributed by atoms with E-state index in [4.69, 9.17) is 4.74 Å². The van der Waals surface area contributed by atoms with Crippen molar-refractivity contribution in [2.45, 2.75) is 6.92 Å². The highest BCUT2D eigenvalue weighted by atomic mass is 16.5. The molecule has 0 radical (unpaired) electrons. The van der Waals surface area contributed by atoms with Crippen molar-refractivity contribution < 1.29 is 19.1 Å². The van der Waals surface area contributed by atoms with Gasteiger partial charge in [-0.05, 0) is 23.8 Å². The molecule has 0 unspecified atom stereocenters. The van der Waals surface area contributed by atoms with E-state index in [1.165, 1.54) is 20.1 Å². The number of benzene rings is 1. The number of hydrogen-bond acceptors (Lipinski definition) is 4. The molecule has 1 N–H and O–H groups in total. The van der Waals surface area contributed by atoms with Crippen LogP contribution in [-0.2, 0) is 14.3 Å². The van der Waals surface area contributed by atoms with Gasteiger partial charge in [0.2, 0.25) is 5.91 Å². The Morgan fingerprint density at radius 1 is 1.17 bits per heavy atom. The number of nitrogens with one attached hydrogen (secondary N) is 1. The number of carbonyl (C=O) groups excluding carboxylic acids is 2. The minimum atomic E-state index is -0.596. The summed E-state index contributed by atoms with van der Waals surface area (Å²) in [5.41, 5.74) is 0.847. The van der Waals surface area contributed by atoms with Gasteiger partial charge in [0.25, 0.3) is 0 Å². The fourth-order valence-corrected chi connectivity index (χ4v) is 1.31. The van der Waals surface area contributed by atoms with Crippen molar-refractivity contribution in [3.63, 3.8) is 0 Å². The van der Waals surface area contributed by atoms with Crippen LogP contribution in [0.1, 0.15) is 12.5 Å². The van der Waals surface area contributed by atoms with Gasteiger partial charge in [-0.15, -0.1) is 0 Å². The van der Waals surface area contributed by atoms with Crippen molar-refractivity contribution >= 4 is 18.0 Å². The third-order valence-corrected chi connectivity index (χ3v) is 2.14. The summed E-state index contributed by atoms with van der Waals surface area (Å²) < 4.78 is 9.61. The monoisotopic (exact) mass is 249 g/mol. The van der Waals surface area contributed by atoms with E-state index in [0.717, 1.165) is 5.56 Å². The maximum Gasteiger partial charge on any atom is 0.354 e. The van der Waals surface area contributed by atoms with Gasteiger partial charge in [-0.1, -0.05) is 12.1 Å². The smallest absolute Gasteiger partial charge is 0.354 e. The fourth-order valence-electron chi connectivity index (χ4n) is 1.31. The fraction of sp³-hybridized carbons (Fsp3) is 0.231. The lowest BCUT2D eigenvalue weighted by molar-refractivity contribution is -0.137. The molecule has 0 aliphatic carbocycles. The van der Waals surface area contributed by atoms with Crippen LogP contribution in [0.3, 0.4) is 0 Å². The molecule has 18 heavy (non-hydrogen) atoms. The summed E-state index contributed by atoms with van der Waals surface area (Å²) in [4.78, 5) is 22.4. The topological polar surface area (TPSA) is 64.6 Å². The summed E-state index contributed by atoms with van der Waals surface area (Å²) in [6.45, 7) is 1.32. The van der Waals surface area contributed by atoms with Gasteiger partial charge in [0.1, 0.15) is 11.4 Å². The molecule has 0 aliphatic rings. The van der Waals surface area contributed by atoms with Crippen LogP contribution in [0.15, 0.2) is 30.0 Å². The highest BCUT2D eigenvalue weighted by Gasteiger charge is 2.10. The molecule has 1 rings (SSSR count). The Labute approximate surface area is 105 Å². The van der Waals surface area contributed by atoms with Crippen LogP contribution < -0.4 is 10.1 Å². The third-order valence-electron chi connectivity index (χ3n) is 2.14. The van der Waals surface area contributed by atoms with Crippen LogP contribution in [0.4, 0.5) is 0 Å². The lowest BCUT2D eigenvalue weighted by Crippen LogP contribution is -2.25. The predicted octanol–water partition coefficient (Wildman–Crippen LogP) is 1.35. The molecular weight excluding hydrogens is 234 g/mol. The minimum absolute atomic E-state index is 0.0927. The van der Waals surface area contributed by atoms with Crippen molar-refractivity contribution in [2.75, 3.05) is 14.2 Å².